The molecule has 0 nitrogen and oxygen atoms in total. The van der Waals surface area contributed by atoms with Crippen molar-refractivity contribution in [1.29, 1.82) is 0 Å². The minimum absolute atomic E-state index is 0. The standard InChI is InChI=1S/C9H22Si.C6H12.C3H10Si.CH4/c1-8(2)9(3,4)10(5,6)7;1-5(2)6(3)4;1-4(2)3;/h8H,1-7H3;1-4H3;4H,1-3H3;1H4. The molecule has 0 bridgehead atoms. The lowest BCUT2D eigenvalue weighted by atomic mass is 9.99. The fourth-order valence-corrected chi connectivity index (χ4v) is 2.60. The molecular weight excluding hydrogens is 284 g/mol. The Morgan fingerprint density at radius 2 is 1.00 bits per heavy atom. The molecule has 0 rings (SSSR count). The van der Waals surface area contributed by atoms with Gasteiger partial charge in [0.1, 0.15) is 0 Å². The van der Waals surface area contributed by atoms with Crippen molar-refractivity contribution in [3.63, 3.8) is 0 Å². The van der Waals surface area contributed by atoms with Gasteiger partial charge in [0.25, 0.3) is 0 Å². The lowest BCUT2D eigenvalue weighted by Crippen LogP contribution is -2.38. The van der Waals surface area contributed by atoms with Gasteiger partial charge in [-0.25, -0.2) is 0 Å². The molecule has 0 radical (unpaired) electrons. The molecule has 2 heteroatoms. The maximum atomic E-state index is 2.45. The summed E-state index contributed by atoms with van der Waals surface area (Å²) in [6.07, 6.45) is 0. The van der Waals surface area contributed by atoms with Gasteiger partial charge in [-0.3, -0.25) is 0 Å². The minimum atomic E-state index is -0.948. The molecule has 0 N–H and O–H groups in total. The van der Waals surface area contributed by atoms with Crippen molar-refractivity contribution in [2.45, 2.75) is 107 Å². The second kappa shape index (κ2) is 12.7. The minimum Gasteiger partial charge on any atom is -0.0778 e. The van der Waals surface area contributed by atoms with E-state index in [2.05, 4.69) is 94.7 Å². The quantitative estimate of drug-likeness (QED) is 0.356. The zero-order valence-corrected chi connectivity index (χ0v) is 19.3. The maximum absolute atomic E-state index is 2.45. The van der Waals surface area contributed by atoms with Gasteiger partial charge in [-0.1, -0.05) is 85.5 Å². The Hall–Kier alpha value is 0.174. The normalized spacial score (nSPS) is 10.9. The van der Waals surface area contributed by atoms with Crippen molar-refractivity contribution in [1.82, 2.24) is 0 Å². The van der Waals surface area contributed by atoms with Gasteiger partial charge in [0.15, 0.2) is 0 Å². The summed E-state index contributed by atoms with van der Waals surface area (Å²) in [6, 6.07) is 0. The van der Waals surface area contributed by atoms with E-state index >= 15 is 0 Å². The van der Waals surface area contributed by atoms with Crippen LogP contribution in [0.3, 0.4) is 0 Å². The molecule has 0 spiro atoms. The van der Waals surface area contributed by atoms with Gasteiger partial charge < -0.3 is 0 Å². The van der Waals surface area contributed by atoms with Gasteiger partial charge in [0.2, 0.25) is 0 Å². The SMILES string of the molecule is C.CC(C)=C(C)C.CC(C)C(C)(C)[Si](C)(C)C.C[SiH](C)C. The second-order valence-electron chi connectivity index (χ2n) is 8.86. The molecule has 0 aliphatic heterocycles. The van der Waals surface area contributed by atoms with Gasteiger partial charge in [0, 0.05) is 8.80 Å². The van der Waals surface area contributed by atoms with Crippen LogP contribution in [0, 0.1) is 5.92 Å². The molecular formula is C19H48Si2. The summed E-state index contributed by atoms with van der Waals surface area (Å²) in [7, 11) is -1.09. The van der Waals surface area contributed by atoms with Gasteiger partial charge in [0.05, 0.1) is 8.07 Å². The third-order valence-corrected chi connectivity index (χ3v) is 8.82. The second-order valence-corrected chi connectivity index (χ2v) is 18.1. The Kier molecular flexibility index (Phi) is 17.7. The Bertz CT molecular complexity index is 245. The molecule has 0 aromatic rings. The third-order valence-electron chi connectivity index (χ3n) is 4.38. The van der Waals surface area contributed by atoms with Crippen LogP contribution < -0.4 is 0 Å². The first-order chi connectivity index (χ1) is 8.57. The van der Waals surface area contributed by atoms with Gasteiger partial charge in [-0.15, -0.1) is 0 Å². The van der Waals surface area contributed by atoms with Crippen LogP contribution in [0.4, 0.5) is 0 Å². The lowest BCUT2D eigenvalue weighted by Gasteiger charge is -2.40. The largest absolute Gasteiger partial charge is 0.0778 e. The van der Waals surface area contributed by atoms with Crippen molar-refractivity contribution in [2.24, 2.45) is 5.92 Å². The molecule has 0 saturated carbocycles. The van der Waals surface area contributed by atoms with E-state index in [0.717, 1.165) is 5.92 Å². The zero-order chi connectivity index (χ0) is 17.3. The van der Waals surface area contributed by atoms with Crippen LogP contribution in [-0.4, -0.2) is 16.9 Å². The highest BCUT2D eigenvalue weighted by atomic mass is 28.3. The van der Waals surface area contributed by atoms with E-state index in [1.165, 1.54) is 11.1 Å². The summed E-state index contributed by atoms with van der Waals surface area (Å²) in [5.74, 6) is 0.819. The van der Waals surface area contributed by atoms with Crippen LogP contribution in [0.25, 0.3) is 0 Å². The number of hydrogen-bond donors (Lipinski definition) is 0. The van der Waals surface area contributed by atoms with Gasteiger partial charge in [-0.05, 0) is 38.7 Å². The average molecular weight is 333 g/mol. The van der Waals surface area contributed by atoms with E-state index < -0.39 is 8.07 Å². The predicted molar refractivity (Wildman–Crippen MR) is 113 cm³/mol. The molecule has 0 aromatic carbocycles. The van der Waals surface area contributed by atoms with Crippen molar-refractivity contribution < 1.29 is 0 Å². The number of hydrogen-bond acceptors (Lipinski definition) is 0. The maximum Gasteiger partial charge on any atom is 0.0502 e. The first-order valence-electron chi connectivity index (χ1n) is 8.18. The molecule has 0 fully saturated rings. The fourth-order valence-electron chi connectivity index (χ4n) is 0.866. The van der Waals surface area contributed by atoms with Crippen molar-refractivity contribution >= 4 is 16.9 Å². The van der Waals surface area contributed by atoms with Crippen LogP contribution in [0.15, 0.2) is 11.1 Å². The van der Waals surface area contributed by atoms with E-state index in [-0.39, 0.29) is 16.2 Å². The van der Waals surface area contributed by atoms with Gasteiger partial charge in [-0.2, -0.15) is 0 Å². The summed E-state index contributed by atoms with van der Waals surface area (Å²) in [5, 5.41) is 0.576. The summed E-state index contributed by atoms with van der Waals surface area (Å²) < 4.78 is 0. The lowest BCUT2D eigenvalue weighted by molar-refractivity contribution is 0.460. The van der Waals surface area contributed by atoms with Crippen molar-refractivity contribution in [2.75, 3.05) is 0 Å². The van der Waals surface area contributed by atoms with Crippen LogP contribution in [0.2, 0.25) is 44.3 Å². The Balaban J connectivity index is -0.000000113. The smallest absolute Gasteiger partial charge is 0.0502 e. The molecule has 0 heterocycles. The predicted octanol–water partition coefficient (Wildman–Crippen LogP) is 7.86. The van der Waals surface area contributed by atoms with E-state index in [1.54, 1.807) is 0 Å². The molecule has 0 unspecified atom stereocenters. The molecule has 0 amide bonds. The highest BCUT2D eigenvalue weighted by Crippen LogP contribution is 2.43. The number of rotatable bonds is 2. The van der Waals surface area contributed by atoms with Crippen LogP contribution in [0.1, 0.15) is 62.8 Å². The van der Waals surface area contributed by atoms with Crippen molar-refractivity contribution in [3.05, 3.63) is 11.1 Å². The first-order valence-corrected chi connectivity index (χ1v) is 15.1. The third kappa shape index (κ3) is 18.1. The molecule has 0 atom stereocenters. The van der Waals surface area contributed by atoms with E-state index in [1.807, 2.05) is 0 Å². The van der Waals surface area contributed by atoms with E-state index in [9.17, 15) is 0 Å². The summed E-state index contributed by atoms with van der Waals surface area (Å²) in [4.78, 5) is 0. The summed E-state index contributed by atoms with van der Waals surface area (Å²) in [6.45, 7) is 32.2. The molecule has 132 valence electrons. The molecule has 21 heavy (non-hydrogen) atoms. The topological polar surface area (TPSA) is 0 Å². The molecule has 0 aromatic heterocycles. The van der Waals surface area contributed by atoms with Crippen LogP contribution in [-0.2, 0) is 0 Å². The van der Waals surface area contributed by atoms with Crippen molar-refractivity contribution in [3.8, 4) is 0 Å². The summed E-state index contributed by atoms with van der Waals surface area (Å²) >= 11 is 0. The molecule has 0 aliphatic rings. The first kappa shape index (κ1) is 29.2. The Morgan fingerprint density at radius 1 is 0.810 bits per heavy atom. The monoisotopic (exact) mass is 332 g/mol. The Morgan fingerprint density at radius 3 is 1.00 bits per heavy atom. The average Bonchev–Trinajstić information content (AvgIpc) is 2.15. The summed E-state index contributed by atoms with van der Waals surface area (Å²) in [5.41, 5.74) is 2.85. The van der Waals surface area contributed by atoms with Gasteiger partial charge >= 0.3 is 0 Å². The molecule has 0 aliphatic carbocycles. The molecule has 0 saturated heterocycles. The Labute approximate surface area is 141 Å². The highest BCUT2D eigenvalue weighted by molar-refractivity contribution is 6.79. The van der Waals surface area contributed by atoms with E-state index in [4.69, 9.17) is 0 Å². The van der Waals surface area contributed by atoms with Crippen LogP contribution >= 0.6 is 0 Å². The zero-order valence-electron chi connectivity index (χ0n) is 17.2. The number of allylic oxidation sites excluding steroid dienone is 2. The fraction of sp³-hybridized carbons (Fsp3) is 0.895. The highest BCUT2D eigenvalue weighted by Gasteiger charge is 2.36. The van der Waals surface area contributed by atoms with Crippen LogP contribution in [0.5, 0.6) is 0 Å². The van der Waals surface area contributed by atoms with E-state index in [0.29, 0.717) is 5.04 Å².